The van der Waals surface area contributed by atoms with E-state index in [1.54, 1.807) is 0 Å². The van der Waals surface area contributed by atoms with E-state index in [0.717, 1.165) is 33.2 Å². The molecule has 6 heteroatoms. The molecule has 2 aromatic carbocycles. The number of ether oxygens (including phenoxy) is 2. The molecule has 0 aliphatic carbocycles. The molecule has 0 amide bonds. The normalized spacial score (nSPS) is 12.6. The van der Waals surface area contributed by atoms with Gasteiger partial charge in [0.05, 0.1) is 0 Å². The number of benzene rings is 2. The van der Waals surface area contributed by atoms with Crippen LogP contribution in [0.5, 0.6) is 11.5 Å². The Hall–Kier alpha value is -2.60. The summed E-state index contributed by atoms with van der Waals surface area (Å²) in [6, 6.07) is 14.0. The van der Waals surface area contributed by atoms with Gasteiger partial charge in [-0.05, 0) is 29.3 Å². The van der Waals surface area contributed by atoms with Crippen molar-refractivity contribution in [1.29, 1.82) is 0 Å². The topological polar surface area (TPSA) is 70.3 Å². The van der Waals surface area contributed by atoms with E-state index in [1.807, 2.05) is 36.4 Å². The second-order valence-electron chi connectivity index (χ2n) is 4.59. The Bertz CT molecular complexity index is 816. The second kappa shape index (κ2) is 4.75. The van der Waals surface area contributed by atoms with Crippen LogP contribution in [0.1, 0.15) is 0 Å². The fourth-order valence-electron chi connectivity index (χ4n) is 2.26. The van der Waals surface area contributed by atoms with Crippen molar-refractivity contribution in [2.45, 2.75) is 0 Å². The number of hydrogen-bond acceptors (Lipinski definition) is 6. The summed E-state index contributed by atoms with van der Waals surface area (Å²) < 4.78 is 10.8. The van der Waals surface area contributed by atoms with Crippen LogP contribution in [0.4, 0.5) is 5.13 Å². The lowest BCUT2D eigenvalue weighted by Gasteiger charge is -2.05. The third kappa shape index (κ3) is 2.19. The molecule has 0 unspecified atom stereocenters. The van der Waals surface area contributed by atoms with Crippen LogP contribution in [0, 0.1) is 0 Å². The molecule has 0 radical (unpaired) electrons. The van der Waals surface area contributed by atoms with Crippen LogP contribution in [0.2, 0.25) is 0 Å². The molecule has 0 atom stereocenters. The fraction of sp³-hybridized carbons (Fsp3) is 0.0667. The van der Waals surface area contributed by atoms with Gasteiger partial charge in [0, 0.05) is 5.56 Å². The van der Waals surface area contributed by atoms with Gasteiger partial charge in [-0.2, -0.15) is 0 Å². The first-order valence-corrected chi connectivity index (χ1v) is 7.21. The standard InChI is InChI=1S/C15H11N3O2S/c16-15-18-17-14(21-15)11-3-1-2-9(6-11)10-4-5-12-13(7-10)20-8-19-12/h1-7H,8H2,(H2,16,18). The summed E-state index contributed by atoms with van der Waals surface area (Å²) in [5, 5.41) is 9.22. The molecule has 0 fully saturated rings. The Balaban J connectivity index is 1.75. The minimum Gasteiger partial charge on any atom is -0.454 e. The van der Waals surface area contributed by atoms with Gasteiger partial charge in [-0.1, -0.05) is 35.6 Å². The molecule has 1 aliphatic rings. The summed E-state index contributed by atoms with van der Waals surface area (Å²) >= 11 is 1.38. The van der Waals surface area contributed by atoms with E-state index in [4.69, 9.17) is 15.2 Å². The summed E-state index contributed by atoms with van der Waals surface area (Å²) in [7, 11) is 0. The van der Waals surface area contributed by atoms with Gasteiger partial charge in [0.1, 0.15) is 5.01 Å². The number of aromatic nitrogens is 2. The Morgan fingerprint density at radius 3 is 2.57 bits per heavy atom. The molecule has 5 nitrogen and oxygen atoms in total. The summed E-state index contributed by atoms with van der Waals surface area (Å²) in [4.78, 5) is 0. The first kappa shape index (κ1) is 12.2. The number of anilines is 1. The lowest BCUT2D eigenvalue weighted by molar-refractivity contribution is 0.174. The van der Waals surface area contributed by atoms with Crippen molar-refractivity contribution in [2.75, 3.05) is 12.5 Å². The summed E-state index contributed by atoms with van der Waals surface area (Å²) in [6.07, 6.45) is 0. The Kier molecular flexibility index (Phi) is 2.75. The zero-order valence-electron chi connectivity index (χ0n) is 10.9. The number of nitrogens with two attached hydrogens (primary N) is 1. The van der Waals surface area contributed by atoms with Crippen LogP contribution in [-0.2, 0) is 0 Å². The molecule has 2 heterocycles. The molecule has 21 heavy (non-hydrogen) atoms. The van der Waals surface area contributed by atoms with Crippen molar-refractivity contribution in [3.05, 3.63) is 42.5 Å². The number of nitrogens with zero attached hydrogens (tertiary/aromatic N) is 2. The summed E-state index contributed by atoms with van der Waals surface area (Å²) in [6.45, 7) is 0.281. The van der Waals surface area contributed by atoms with E-state index in [1.165, 1.54) is 11.3 Å². The van der Waals surface area contributed by atoms with Gasteiger partial charge < -0.3 is 15.2 Å². The van der Waals surface area contributed by atoms with Crippen LogP contribution >= 0.6 is 11.3 Å². The van der Waals surface area contributed by atoms with Crippen LogP contribution in [0.25, 0.3) is 21.7 Å². The monoisotopic (exact) mass is 297 g/mol. The van der Waals surface area contributed by atoms with Gasteiger partial charge in [0.25, 0.3) is 0 Å². The van der Waals surface area contributed by atoms with Crippen molar-refractivity contribution in [2.24, 2.45) is 0 Å². The van der Waals surface area contributed by atoms with Gasteiger partial charge in [0.2, 0.25) is 11.9 Å². The highest BCUT2D eigenvalue weighted by molar-refractivity contribution is 7.18. The van der Waals surface area contributed by atoms with Gasteiger partial charge >= 0.3 is 0 Å². The number of hydrogen-bond donors (Lipinski definition) is 1. The zero-order valence-corrected chi connectivity index (χ0v) is 11.8. The van der Waals surface area contributed by atoms with Crippen LogP contribution < -0.4 is 15.2 Å². The maximum absolute atomic E-state index is 5.64. The minimum absolute atomic E-state index is 0.281. The van der Waals surface area contributed by atoms with Gasteiger partial charge in [-0.15, -0.1) is 10.2 Å². The highest BCUT2D eigenvalue weighted by Crippen LogP contribution is 2.37. The molecule has 104 valence electrons. The fourth-order valence-corrected chi connectivity index (χ4v) is 2.87. The molecule has 2 N–H and O–H groups in total. The lowest BCUT2D eigenvalue weighted by Crippen LogP contribution is -1.92. The lowest BCUT2D eigenvalue weighted by atomic mass is 10.0. The van der Waals surface area contributed by atoms with Crippen molar-refractivity contribution in [3.8, 4) is 33.2 Å². The van der Waals surface area contributed by atoms with Gasteiger partial charge in [-0.25, -0.2) is 0 Å². The van der Waals surface area contributed by atoms with Crippen molar-refractivity contribution < 1.29 is 9.47 Å². The number of nitrogen functional groups attached to an aromatic ring is 1. The smallest absolute Gasteiger partial charge is 0.231 e. The summed E-state index contributed by atoms with van der Waals surface area (Å²) in [5.74, 6) is 1.56. The van der Waals surface area contributed by atoms with Crippen molar-refractivity contribution in [3.63, 3.8) is 0 Å². The largest absolute Gasteiger partial charge is 0.454 e. The van der Waals surface area contributed by atoms with Crippen LogP contribution in [0.3, 0.4) is 0 Å². The van der Waals surface area contributed by atoms with E-state index in [0.29, 0.717) is 5.13 Å². The van der Waals surface area contributed by atoms with Crippen molar-refractivity contribution >= 4 is 16.5 Å². The minimum atomic E-state index is 0.281. The molecule has 0 bridgehead atoms. The van der Waals surface area contributed by atoms with Crippen LogP contribution in [-0.4, -0.2) is 17.0 Å². The Labute approximate surface area is 125 Å². The Morgan fingerprint density at radius 1 is 0.905 bits per heavy atom. The van der Waals surface area contributed by atoms with Gasteiger partial charge in [0.15, 0.2) is 11.5 Å². The number of fused-ring (bicyclic) bond motifs is 1. The molecule has 1 aliphatic heterocycles. The molecule has 4 rings (SSSR count). The first-order chi connectivity index (χ1) is 10.3. The maximum atomic E-state index is 5.64. The molecule has 0 saturated heterocycles. The maximum Gasteiger partial charge on any atom is 0.231 e. The predicted octanol–water partition coefficient (Wildman–Crippen LogP) is 3.18. The SMILES string of the molecule is Nc1nnc(-c2cccc(-c3ccc4c(c3)OCO4)c2)s1. The second-order valence-corrected chi connectivity index (χ2v) is 5.60. The van der Waals surface area contributed by atoms with E-state index in [9.17, 15) is 0 Å². The highest BCUT2D eigenvalue weighted by atomic mass is 32.1. The van der Waals surface area contributed by atoms with E-state index in [-0.39, 0.29) is 6.79 Å². The van der Waals surface area contributed by atoms with Crippen molar-refractivity contribution in [1.82, 2.24) is 10.2 Å². The molecule has 0 saturated carbocycles. The van der Waals surface area contributed by atoms with E-state index < -0.39 is 0 Å². The molecular formula is C15H11N3O2S. The molecular weight excluding hydrogens is 286 g/mol. The predicted molar refractivity (Wildman–Crippen MR) is 81.3 cm³/mol. The van der Waals surface area contributed by atoms with E-state index in [2.05, 4.69) is 16.3 Å². The molecule has 3 aromatic rings. The van der Waals surface area contributed by atoms with Gasteiger partial charge in [-0.3, -0.25) is 0 Å². The summed E-state index contributed by atoms with van der Waals surface area (Å²) in [5.41, 5.74) is 8.79. The third-order valence-electron chi connectivity index (χ3n) is 3.26. The van der Waals surface area contributed by atoms with E-state index >= 15 is 0 Å². The molecule has 1 aromatic heterocycles. The average molecular weight is 297 g/mol. The molecule has 0 spiro atoms. The first-order valence-electron chi connectivity index (χ1n) is 6.39. The van der Waals surface area contributed by atoms with Crippen LogP contribution in [0.15, 0.2) is 42.5 Å². The third-order valence-corrected chi connectivity index (χ3v) is 4.06. The Morgan fingerprint density at radius 2 is 1.71 bits per heavy atom. The highest BCUT2D eigenvalue weighted by Gasteiger charge is 2.14. The zero-order chi connectivity index (χ0) is 14.2. The quantitative estimate of drug-likeness (QED) is 0.786. The number of rotatable bonds is 2. The average Bonchev–Trinajstić information content (AvgIpc) is 3.15.